The summed E-state index contributed by atoms with van der Waals surface area (Å²) in [4.78, 5) is 64.7. The highest BCUT2D eigenvalue weighted by atomic mass is 32.2. The Hall–Kier alpha value is -4.40. The van der Waals surface area contributed by atoms with E-state index in [9.17, 15) is 22.8 Å². The number of amides is 4. The van der Waals surface area contributed by atoms with E-state index < -0.39 is 73.8 Å². The molecule has 1 aromatic carbocycles. The fourth-order valence-electron chi connectivity index (χ4n) is 8.32. The number of hydrogen-bond donors (Lipinski definition) is 2. The fraction of sp³-hybridized carbons (Fsp3) is 0.643. The first kappa shape index (κ1) is 40.8. The molecule has 3 aliphatic carbocycles. The van der Waals surface area contributed by atoms with Crippen LogP contribution >= 0.6 is 0 Å². The van der Waals surface area contributed by atoms with Crippen LogP contribution in [0.3, 0.4) is 0 Å². The van der Waals surface area contributed by atoms with Crippen molar-refractivity contribution < 1.29 is 41.8 Å². The van der Waals surface area contributed by atoms with Crippen molar-refractivity contribution in [1.82, 2.24) is 24.8 Å². The average molecular weight is 808 g/mol. The van der Waals surface area contributed by atoms with Crippen molar-refractivity contribution in [1.29, 1.82) is 0 Å². The molecule has 310 valence electrons. The van der Waals surface area contributed by atoms with Crippen LogP contribution in [-0.4, -0.2) is 101 Å². The lowest BCUT2D eigenvalue weighted by Gasteiger charge is -2.37. The molecule has 7 atom stereocenters. The molecule has 3 saturated carbocycles. The number of carbonyl (C=O) groups is 4. The summed E-state index contributed by atoms with van der Waals surface area (Å²) in [5, 5.41) is 4.45. The summed E-state index contributed by atoms with van der Waals surface area (Å²) in [6, 6.07) is 5.48. The molecular formula is C42H57N5O9S. The van der Waals surface area contributed by atoms with Gasteiger partial charge < -0.3 is 24.4 Å². The van der Waals surface area contributed by atoms with E-state index in [1.807, 2.05) is 57.2 Å². The van der Waals surface area contributed by atoms with Crippen LogP contribution in [0.4, 0.5) is 4.79 Å². The normalized spacial score (nSPS) is 31.0. The standard InChI is InChI=1S/C42H57N5O9S/c1-7-20-54-33-24-43-36(31-15-11-10-14-30(31)33)55-29-22-32-35(48)44-42(38(50)45-57(52,53)41(5)18-19-41)23-28(42)13-9-8-12-26(2)21-27(3)34(37(49)47(32)25-29)46(6)39(51)56-40(4)16-17-40/h9-11,13-15,24,26-29,32,34H,7-8,12,16-23,25H2,1-6H3,(H,44,48)(H,45,50)/b13-9-/t26-,27+,28+,29+,32-,34-,42+/m0/s1. The lowest BCUT2D eigenvalue weighted by atomic mass is 9.87. The number of pyridine rings is 1. The highest BCUT2D eigenvalue weighted by Gasteiger charge is 2.63. The van der Waals surface area contributed by atoms with Crippen LogP contribution < -0.4 is 19.5 Å². The van der Waals surface area contributed by atoms with E-state index in [1.165, 1.54) is 9.80 Å². The maximum absolute atomic E-state index is 15.1. The number of sulfonamides is 1. The van der Waals surface area contributed by atoms with Crippen molar-refractivity contribution in [3.63, 3.8) is 0 Å². The van der Waals surface area contributed by atoms with Crippen LogP contribution in [-0.2, 0) is 29.1 Å². The van der Waals surface area contributed by atoms with Crippen LogP contribution in [0, 0.1) is 17.8 Å². The van der Waals surface area contributed by atoms with E-state index in [1.54, 1.807) is 20.2 Å². The predicted molar refractivity (Wildman–Crippen MR) is 213 cm³/mol. The van der Waals surface area contributed by atoms with Gasteiger partial charge >= 0.3 is 6.09 Å². The molecule has 15 heteroatoms. The van der Waals surface area contributed by atoms with Gasteiger partial charge in [0.25, 0.3) is 5.91 Å². The second-order valence-electron chi connectivity index (χ2n) is 17.7. The van der Waals surface area contributed by atoms with E-state index in [-0.39, 0.29) is 31.2 Å². The van der Waals surface area contributed by atoms with Crippen molar-refractivity contribution >= 4 is 44.6 Å². The highest BCUT2D eigenvalue weighted by molar-refractivity contribution is 7.91. The number of aromatic nitrogens is 1. The fourth-order valence-corrected chi connectivity index (χ4v) is 9.63. The minimum atomic E-state index is -4.00. The molecule has 2 aromatic rings. The van der Waals surface area contributed by atoms with Crippen LogP contribution in [0.1, 0.15) is 98.8 Å². The number of likely N-dealkylation sites (N-methyl/N-ethyl adjacent to an activating group) is 1. The summed E-state index contributed by atoms with van der Waals surface area (Å²) < 4.78 is 46.1. The van der Waals surface area contributed by atoms with Crippen molar-refractivity contribution in [2.24, 2.45) is 17.8 Å². The molecule has 4 fully saturated rings. The van der Waals surface area contributed by atoms with Gasteiger partial charge in [0.1, 0.15) is 35.1 Å². The van der Waals surface area contributed by atoms with Gasteiger partial charge in [-0.15, -0.1) is 0 Å². The number of nitrogens with zero attached hydrogens (tertiary/aromatic N) is 3. The van der Waals surface area contributed by atoms with Gasteiger partial charge in [0.05, 0.1) is 24.1 Å². The van der Waals surface area contributed by atoms with Crippen molar-refractivity contribution in [2.75, 3.05) is 20.2 Å². The molecule has 3 heterocycles. The van der Waals surface area contributed by atoms with Crippen molar-refractivity contribution in [3.8, 4) is 11.6 Å². The molecule has 4 amide bonds. The van der Waals surface area contributed by atoms with E-state index in [0.29, 0.717) is 49.3 Å². The van der Waals surface area contributed by atoms with E-state index >= 15 is 4.79 Å². The van der Waals surface area contributed by atoms with Gasteiger partial charge in [-0.2, -0.15) is 0 Å². The van der Waals surface area contributed by atoms with Crippen molar-refractivity contribution in [3.05, 3.63) is 42.6 Å². The summed E-state index contributed by atoms with van der Waals surface area (Å²) in [5.41, 5.74) is -2.09. The molecule has 1 aromatic heterocycles. The minimum absolute atomic E-state index is 0.00431. The average Bonchev–Trinajstić information content (AvgIpc) is 4.13. The van der Waals surface area contributed by atoms with Gasteiger partial charge in [-0.3, -0.25) is 24.0 Å². The minimum Gasteiger partial charge on any atom is -0.491 e. The second kappa shape index (κ2) is 15.4. The highest BCUT2D eigenvalue weighted by Crippen LogP contribution is 2.48. The number of hydrogen-bond acceptors (Lipinski definition) is 10. The van der Waals surface area contributed by atoms with Gasteiger partial charge in [-0.05, 0) is 89.5 Å². The monoisotopic (exact) mass is 807 g/mol. The molecule has 0 spiro atoms. The molecule has 14 nitrogen and oxygen atoms in total. The Bertz CT molecular complexity index is 2050. The number of rotatable bonds is 10. The Morgan fingerprint density at radius 3 is 2.47 bits per heavy atom. The van der Waals surface area contributed by atoms with Crippen LogP contribution in [0.5, 0.6) is 11.6 Å². The first-order chi connectivity index (χ1) is 27.0. The Labute approximate surface area is 335 Å². The van der Waals surface area contributed by atoms with Crippen LogP contribution in [0.25, 0.3) is 10.8 Å². The summed E-state index contributed by atoms with van der Waals surface area (Å²) in [5.74, 6) is -1.49. The number of ether oxygens (including phenoxy) is 3. The molecule has 57 heavy (non-hydrogen) atoms. The van der Waals surface area contributed by atoms with Gasteiger partial charge in [0.2, 0.25) is 27.7 Å². The lowest BCUT2D eigenvalue weighted by Crippen LogP contribution is -2.59. The molecule has 5 aliphatic rings. The van der Waals surface area contributed by atoms with E-state index in [0.717, 1.165) is 31.1 Å². The maximum Gasteiger partial charge on any atom is 0.410 e. The molecular weight excluding hydrogens is 751 g/mol. The summed E-state index contributed by atoms with van der Waals surface area (Å²) >= 11 is 0. The van der Waals surface area contributed by atoms with E-state index in [2.05, 4.69) is 21.9 Å². The van der Waals surface area contributed by atoms with Crippen molar-refractivity contribution in [2.45, 2.75) is 133 Å². The van der Waals surface area contributed by atoms with E-state index in [4.69, 9.17) is 14.2 Å². The molecule has 0 unspecified atom stereocenters. The Kier molecular flexibility index (Phi) is 11.0. The summed E-state index contributed by atoms with van der Waals surface area (Å²) in [7, 11) is -2.43. The maximum atomic E-state index is 15.1. The number of benzene rings is 1. The molecule has 0 radical (unpaired) electrons. The Morgan fingerprint density at radius 2 is 1.79 bits per heavy atom. The second-order valence-corrected chi connectivity index (χ2v) is 19.9. The third kappa shape index (κ3) is 8.31. The first-order valence-corrected chi connectivity index (χ1v) is 22.0. The lowest BCUT2D eigenvalue weighted by molar-refractivity contribution is -0.144. The Morgan fingerprint density at radius 1 is 1.07 bits per heavy atom. The smallest absolute Gasteiger partial charge is 0.410 e. The van der Waals surface area contributed by atoms with Gasteiger partial charge in [-0.1, -0.05) is 51.1 Å². The summed E-state index contributed by atoms with van der Waals surface area (Å²) in [6.07, 6.45) is 9.71. The quantitative estimate of drug-likeness (QED) is 0.302. The van der Waals surface area contributed by atoms with Gasteiger partial charge in [0.15, 0.2) is 0 Å². The zero-order valence-corrected chi connectivity index (χ0v) is 34.7. The number of allylic oxidation sites excluding steroid dienone is 1. The zero-order chi connectivity index (χ0) is 40.9. The zero-order valence-electron chi connectivity index (χ0n) is 33.9. The topological polar surface area (TPSA) is 174 Å². The SMILES string of the molecule is CCCOc1cnc(O[C@@H]2C[C@H]3C(=O)N[C@]4(C(=O)NS(=O)(=O)C5(C)CC5)C[C@H]4/C=C\CC[C@H](C)C[C@@H](C)[C@H](N(C)C(=O)OC4(C)CC4)C(=O)N3C2)c2ccccc12. The van der Waals surface area contributed by atoms with Crippen LogP contribution in [0.2, 0.25) is 0 Å². The Balaban J connectivity index is 1.23. The number of carbonyl (C=O) groups excluding carboxylic acids is 4. The largest absolute Gasteiger partial charge is 0.491 e. The number of fused-ring (bicyclic) bond motifs is 3. The predicted octanol–water partition coefficient (Wildman–Crippen LogP) is 5.25. The molecule has 2 aliphatic heterocycles. The van der Waals surface area contributed by atoms with Gasteiger partial charge in [-0.25, -0.2) is 18.2 Å². The number of nitrogens with one attached hydrogen (secondary N) is 2. The molecule has 1 saturated heterocycles. The first-order valence-electron chi connectivity index (χ1n) is 20.5. The third-order valence-electron chi connectivity index (χ3n) is 12.7. The van der Waals surface area contributed by atoms with Crippen LogP contribution in [0.15, 0.2) is 42.6 Å². The molecule has 7 rings (SSSR count). The summed E-state index contributed by atoms with van der Waals surface area (Å²) in [6.45, 7) is 10.1. The molecule has 2 N–H and O–H groups in total. The molecule has 0 bridgehead atoms. The van der Waals surface area contributed by atoms with Gasteiger partial charge in [0, 0.05) is 30.2 Å². The third-order valence-corrected chi connectivity index (χ3v) is 14.8.